The molecule has 154 valence electrons. The average molecular weight is 442 g/mol. The molecular weight excluding hydrogens is 422 g/mol. The zero-order chi connectivity index (χ0) is 21.5. The maximum absolute atomic E-state index is 12.9. The topological polar surface area (TPSA) is 90.3 Å². The fourth-order valence-electron chi connectivity index (χ4n) is 3.30. The molecule has 0 fully saturated rings. The molecule has 0 aromatic heterocycles. The van der Waals surface area contributed by atoms with Crippen LogP contribution in [0.5, 0.6) is 0 Å². The number of fused-ring (bicyclic) bond motifs is 1. The highest BCUT2D eigenvalue weighted by molar-refractivity contribution is 8.03. The number of thioether (sulfide) groups is 1. The third-order valence-corrected chi connectivity index (χ3v) is 6.79. The zero-order valence-electron chi connectivity index (χ0n) is 16.3. The number of amides is 1. The summed E-state index contributed by atoms with van der Waals surface area (Å²) in [6.45, 7) is 4.64. The summed E-state index contributed by atoms with van der Waals surface area (Å²) in [6, 6.07) is 13.5. The number of hydrogen-bond donors (Lipinski definition) is 1. The highest BCUT2D eigenvalue weighted by atomic mass is 32.2. The molecule has 9 heteroatoms. The third-order valence-electron chi connectivity index (χ3n) is 4.79. The molecule has 2 heterocycles. The molecule has 1 N–H and O–H groups in total. The van der Waals surface area contributed by atoms with Gasteiger partial charge < -0.3 is 4.90 Å². The van der Waals surface area contributed by atoms with Crippen LogP contribution in [0.2, 0.25) is 0 Å². The lowest BCUT2D eigenvalue weighted by molar-refractivity contribution is -0.114. The minimum Gasteiger partial charge on any atom is -0.335 e. The van der Waals surface area contributed by atoms with E-state index in [1.165, 1.54) is 34.2 Å². The van der Waals surface area contributed by atoms with Gasteiger partial charge in [0, 0.05) is 11.4 Å². The fourth-order valence-corrected chi connectivity index (χ4v) is 4.91. The van der Waals surface area contributed by atoms with Crippen LogP contribution in [-0.4, -0.2) is 31.1 Å². The van der Waals surface area contributed by atoms with Crippen molar-refractivity contribution >= 4 is 44.9 Å². The number of benzene rings is 2. The minimum absolute atomic E-state index is 0.239. The fraction of sp³-hybridized carbons (Fsp3) is 0.143. The van der Waals surface area contributed by atoms with Crippen LogP contribution in [0.15, 0.2) is 86.2 Å². The number of hydrogen-bond acceptors (Lipinski definition) is 6. The molecular formula is C21H19N3O4S2. The molecule has 30 heavy (non-hydrogen) atoms. The third kappa shape index (κ3) is 3.67. The van der Waals surface area contributed by atoms with Crippen LogP contribution in [0.25, 0.3) is 0 Å². The van der Waals surface area contributed by atoms with Gasteiger partial charge in [0.15, 0.2) is 0 Å². The van der Waals surface area contributed by atoms with Crippen LogP contribution in [0.3, 0.4) is 0 Å². The molecule has 0 unspecified atom stereocenters. The molecule has 0 radical (unpaired) electrons. The quantitative estimate of drug-likeness (QED) is 0.569. The summed E-state index contributed by atoms with van der Waals surface area (Å²) in [5.41, 5.74) is 2.60. The van der Waals surface area contributed by atoms with Crippen LogP contribution in [0.4, 0.5) is 11.4 Å². The zero-order valence-corrected chi connectivity index (χ0v) is 17.9. The molecule has 2 aromatic rings. The molecule has 0 spiro atoms. The van der Waals surface area contributed by atoms with Gasteiger partial charge >= 0.3 is 0 Å². The van der Waals surface area contributed by atoms with Crippen molar-refractivity contribution in [2.75, 3.05) is 16.5 Å². The normalized spacial score (nSPS) is 19.0. The second-order valence-corrected chi connectivity index (χ2v) is 9.15. The molecule has 0 saturated heterocycles. The minimum atomic E-state index is -4.29. The highest BCUT2D eigenvalue weighted by Gasteiger charge is 2.29. The summed E-state index contributed by atoms with van der Waals surface area (Å²) >= 11 is 1.65. The molecule has 2 aliphatic rings. The number of allylic oxidation sites excluding steroid dienone is 2. The lowest BCUT2D eigenvalue weighted by Crippen LogP contribution is -2.21. The summed E-state index contributed by atoms with van der Waals surface area (Å²) < 4.78 is 31.5. The van der Waals surface area contributed by atoms with Crippen molar-refractivity contribution in [1.29, 1.82) is 0 Å². The smallest absolute Gasteiger partial charge is 0.294 e. The Morgan fingerprint density at radius 3 is 2.47 bits per heavy atom. The number of carbonyl (C=O) groups is 1. The van der Waals surface area contributed by atoms with Gasteiger partial charge in [-0.05, 0) is 62.4 Å². The summed E-state index contributed by atoms with van der Waals surface area (Å²) in [4.78, 5) is 16.0. The lowest BCUT2D eigenvalue weighted by Gasteiger charge is -2.17. The molecule has 0 bridgehead atoms. The Kier molecular flexibility index (Phi) is 5.27. The van der Waals surface area contributed by atoms with Gasteiger partial charge in [-0.1, -0.05) is 23.9 Å². The van der Waals surface area contributed by atoms with E-state index in [2.05, 4.69) is 29.1 Å². The molecule has 2 aromatic carbocycles. The van der Waals surface area contributed by atoms with Crippen molar-refractivity contribution in [1.82, 2.24) is 0 Å². The van der Waals surface area contributed by atoms with E-state index < -0.39 is 10.1 Å². The Labute approximate surface area is 179 Å². The van der Waals surface area contributed by atoms with E-state index in [1.807, 2.05) is 18.2 Å². The Morgan fingerprint density at radius 1 is 1.10 bits per heavy atom. The highest BCUT2D eigenvalue weighted by Crippen LogP contribution is 2.45. The van der Waals surface area contributed by atoms with Gasteiger partial charge in [-0.2, -0.15) is 18.5 Å². The van der Waals surface area contributed by atoms with Crippen molar-refractivity contribution in [2.24, 2.45) is 5.10 Å². The van der Waals surface area contributed by atoms with E-state index in [4.69, 9.17) is 4.55 Å². The number of anilines is 2. The Hall–Kier alpha value is -2.88. The van der Waals surface area contributed by atoms with Gasteiger partial charge in [0.05, 0.1) is 32.6 Å². The SMILES string of the molecule is CCN1/C(=C/C=C2\C(=O)N(c3ccc(S(=O)(=O)O)cc3)N=C2C)Sc2ccccc21. The van der Waals surface area contributed by atoms with Crippen LogP contribution in [-0.2, 0) is 14.9 Å². The summed E-state index contributed by atoms with van der Waals surface area (Å²) in [7, 11) is -4.29. The van der Waals surface area contributed by atoms with Gasteiger partial charge in [-0.25, -0.2) is 0 Å². The van der Waals surface area contributed by atoms with Crippen molar-refractivity contribution in [3.8, 4) is 0 Å². The summed E-state index contributed by atoms with van der Waals surface area (Å²) in [5.74, 6) is -0.299. The van der Waals surface area contributed by atoms with Crippen LogP contribution in [0, 0.1) is 0 Å². The molecule has 0 aliphatic carbocycles. The molecule has 0 atom stereocenters. The van der Waals surface area contributed by atoms with Crippen molar-refractivity contribution in [2.45, 2.75) is 23.6 Å². The van der Waals surface area contributed by atoms with E-state index in [0.717, 1.165) is 17.3 Å². The Balaban J connectivity index is 1.60. The van der Waals surface area contributed by atoms with Crippen LogP contribution < -0.4 is 9.91 Å². The maximum atomic E-state index is 12.9. The maximum Gasteiger partial charge on any atom is 0.294 e. The molecule has 0 saturated carbocycles. The molecule has 7 nitrogen and oxygen atoms in total. The Bertz CT molecular complexity index is 1220. The summed E-state index contributed by atoms with van der Waals surface area (Å²) in [6.07, 6.45) is 3.69. The van der Waals surface area contributed by atoms with Crippen LogP contribution in [0.1, 0.15) is 13.8 Å². The van der Waals surface area contributed by atoms with Crippen molar-refractivity contribution in [3.05, 3.63) is 71.3 Å². The van der Waals surface area contributed by atoms with Gasteiger partial charge in [-0.3, -0.25) is 9.35 Å². The second-order valence-electron chi connectivity index (χ2n) is 6.67. The first-order valence-corrected chi connectivity index (χ1v) is 11.5. The largest absolute Gasteiger partial charge is 0.335 e. The first kappa shape index (κ1) is 20.4. The number of para-hydroxylation sites is 1. The van der Waals surface area contributed by atoms with E-state index in [1.54, 1.807) is 24.8 Å². The molecule has 2 aliphatic heterocycles. The van der Waals surface area contributed by atoms with Crippen molar-refractivity contribution < 1.29 is 17.8 Å². The van der Waals surface area contributed by atoms with Crippen LogP contribution >= 0.6 is 11.8 Å². The van der Waals surface area contributed by atoms with Gasteiger partial charge in [-0.15, -0.1) is 0 Å². The average Bonchev–Trinajstić information content (AvgIpc) is 3.22. The Morgan fingerprint density at radius 2 is 1.80 bits per heavy atom. The van der Waals surface area contributed by atoms with E-state index >= 15 is 0 Å². The standard InChI is InChI=1S/C21H19N3O4S2/c1-3-23-18-6-4-5-7-19(18)29-20(23)13-12-17-14(2)22-24(21(17)25)15-8-10-16(11-9-15)30(26,27)28/h4-13H,3H2,1-2H3,(H,26,27,28)/b17-12-,20-13-. The first-order valence-electron chi connectivity index (χ1n) is 9.23. The first-order chi connectivity index (χ1) is 14.3. The predicted molar refractivity (Wildman–Crippen MR) is 118 cm³/mol. The summed E-state index contributed by atoms with van der Waals surface area (Å²) in [5, 5.41) is 6.56. The molecule has 1 amide bonds. The van der Waals surface area contributed by atoms with Gasteiger partial charge in [0.25, 0.3) is 16.0 Å². The number of carbonyl (C=O) groups excluding carboxylic acids is 1. The lowest BCUT2D eigenvalue weighted by atomic mass is 10.1. The predicted octanol–water partition coefficient (Wildman–Crippen LogP) is 4.06. The van der Waals surface area contributed by atoms with Gasteiger partial charge in [0.1, 0.15) is 0 Å². The molecule has 4 rings (SSSR count). The second kappa shape index (κ2) is 7.75. The monoisotopic (exact) mass is 441 g/mol. The number of nitrogens with zero attached hydrogens (tertiary/aromatic N) is 3. The van der Waals surface area contributed by atoms with E-state index in [9.17, 15) is 13.2 Å². The number of rotatable bonds is 4. The number of hydrazone groups is 1. The van der Waals surface area contributed by atoms with E-state index in [0.29, 0.717) is 17.0 Å². The van der Waals surface area contributed by atoms with Crippen molar-refractivity contribution in [3.63, 3.8) is 0 Å². The van der Waals surface area contributed by atoms with E-state index in [-0.39, 0.29) is 10.8 Å². The van der Waals surface area contributed by atoms with Gasteiger partial charge in [0.2, 0.25) is 0 Å².